The van der Waals surface area contributed by atoms with Crippen LogP contribution in [0.3, 0.4) is 0 Å². The van der Waals surface area contributed by atoms with E-state index in [4.69, 9.17) is 10.3 Å². The SMILES string of the molecule is C=CCc1cc(=O)oc2c(CNN)c(O)ccc12. The van der Waals surface area contributed by atoms with Gasteiger partial charge in [0, 0.05) is 18.0 Å². The van der Waals surface area contributed by atoms with Crippen molar-refractivity contribution >= 4 is 11.0 Å². The Morgan fingerprint density at radius 2 is 2.28 bits per heavy atom. The van der Waals surface area contributed by atoms with Gasteiger partial charge in [0.05, 0.1) is 5.56 Å². The fraction of sp³-hybridized carbons (Fsp3) is 0.154. The van der Waals surface area contributed by atoms with Crippen LogP contribution < -0.4 is 16.9 Å². The fourth-order valence-corrected chi connectivity index (χ4v) is 1.93. The summed E-state index contributed by atoms with van der Waals surface area (Å²) < 4.78 is 5.17. The molecule has 2 rings (SSSR count). The van der Waals surface area contributed by atoms with Crippen molar-refractivity contribution in [1.29, 1.82) is 0 Å². The van der Waals surface area contributed by atoms with Crippen LogP contribution in [0.5, 0.6) is 5.75 Å². The van der Waals surface area contributed by atoms with Crippen LogP contribution in [-0.2, 0) is 13.0 Å². The number of hydrogen-bond acceptors (Lipinski definition) is 5. The molecule has 0 fully saturated rings. The summed E-state index contributed by atoms with van der Waals surface area (Å²) in [4.78, 5) is 11.5. The van der Waals surface area contributed by atoms with E-state index in [1.54, 1.807) is 18.2 Å². The molecule has 0 unspecified atom stereocenters. The number of phenolic OH excluding ortho intramolecular Hbond substituents is 1. The first kappa shape index (κ1) is 12.3. The van der Waals surface area contributed by atoms with Gasteiger partial charge in [-0.3, -0.25) is 11.3 Å². The highest BCUT2D eigenvalue weighted by Crippen LogP contribution is 2.28. The Morgan fingerprint density at radius 1 is 1.50 bits per heavy atom. The Kier molecular flexibility index (Phi) is 3.45. The molecular weight excluding hydrogens is 232 g/mol. The molecule has 4 N–H and O–H groups in total. The summed E-state index contributed by atoms with van der Waals surface area (Å²) in [6.07, 6.45) is 2.27. The largest absolute Gasteiger partial charge is 0.507 e. The maximum Gasteiger partial charge on any atom is 0.336 e. The lowest BCUT2D eigenvalue weighted by molar-refractivity contribution is 0.461. The smallest absolute Gasteiger partial charge is 0.336 e. The van der Waals surface area contributed by atoms with Gasteiger partial charge in [-0.1, -0.05) is 6.08 Å². The van der Waals surface area contributed by atoms with Crippen LogP contribution >= 0.6 is 0 Å². The quantitative estimate of drug-likeness (QED) is 0.326. The fourth-order valence-electron chi connectivity index (χ4n) is 1.93. The lowest BCUT2D eigenvalue weighted by Gasteiger charge is -2.09. The number of aromatic hydroxyl groups is 1. The van der Waals surface area contributed by atoms with Gasteiger partial charge in [0.1, 0.15) is 11.3 Å². The zero-order valence-corrected chi connectivity index (χ0v) is 9.77. The molecule has 0 aliphatic carbocycles. The van der Waals surface area contributed by atoms with Gasteiger partial charge in [-0.15, -0.1) is 6.58 Å². The monoisotopic (exact) mass is 246 g/mol. The van der Waals surface area contributed by atoms with Gasteiger partial charge in [0.2, 0.25) is 0 Å². The van der Waals surface area contributed by atoms with E-state index in [2.05, 4.69) is 12.0 Å². The van der Waals surface area contributed by atoms with Gasteiger partial charge < -0.3 is 9.52 Å². The minimum absolute atomic E-state index is 0.0411. The summed E-state index contributed by atoms with van der Waals surface area (Å²) in [5.41, 5.74) is 3.63. The Balaban J connectivity index is 2.80. The number of nitrogens with two attached hydrogens (primary N) is 1. The second-order valence-electron chi connectivity index (χ2n) is 3.90. The molecule has 1 heterocycles. The van der Waals surface area contributed by atoms with E-state index >= 15 is 0 Å². The number of benzene rings is 1. The van der Waals surface area contributed by atoms with Crippen molar-refractivity contribution in [2.45, 2.75) is 13.0 Å². The molecule has 18 heavy (non-hydrogen) atoms. The predicted octanol–water partition coefficient (Wildman–Crippen LogP) is 1.19. The number of rotatable bonds is 4. The van der Waals surface area contributed by atoms with Gasteiger partial charge in [-0.05, 0) is 24.1 Å². The number of fused-ring (bicyclic) bond motifs is 1. The summed E-state index contributed by atoms with van der Waals surface area (Å²) in [6, 6.07) is 4.70. The van der Waals surface area contributed by atoms with Crippen molar-refractivity contribution < 1.29 is 9.52 Å². The average molecular weight is 246 g/mol. The summed E-state index contributed by atoms with van der Waals surface area (Å²) in [7, 11) is 0. The zero-order chi connectivity index (χ0) is 13.1. The highest BCUT2D eigenvalue weighted by atomic mass is 16.4. The van der Waals surface area contributed by atoms with E-state index in [1.807, 2.05) is 0 Å². The molecule has 0 saturated carbocycles. The van der Waals surface area contributed by atoms with Crippen molar-refractivity contribution in [3.05, 3.63) is 52.4 Å². The first-order valence-corrected chi connectivity index (χ1v) is 5.49. The van der Waals surface area contributed by atoms with E-state index < -0.39 is 5.63 Å². The summed E-state index contributed by atoms with van der Waals surface area (Å²) in [5.74, 6) is 5.30. The molecule has 94 valence electrons. The first-order valence-electron chi connectivity index (χ1n) is 5.49. The van der Waals surface area contributed by atoms with E-state index in [1.165, 1.54) is 6.07 Å². The molecule has 1 aromatic carbocycles. The topological polar surface area (TPSA) is 88.5 Å². The van der Waals surface area contributed by atoms with Crippen LogP contribution in [0.4, 0.5) is 0 Å². The molecule has 0 aliphatic heterocycles. The van der Waals surface area contributed by atoms with E-state index in [0.29, 0.717) is 17.6 Å². The molecule has 0 atom stereocenters. The van der Waals surface area contributed by atoms with Crippen LogP contribution in [0.25, 0.3) is 11.0 Å². The van der Waals surface area contributed by atoms with Gasteiger partial charge in [0.15, 0.2) is 0 Å². The number of nitrogens with one attached hydrogen (secondary N) is 1. The lowest BCUT2D eigenvalue weighted by atomic mass is 10.0. The van der Waals surface area contributed by atoms with Crippen LogP contribution in [0.1, 0.15) is 11.1 Å². The summed E-state index contributed by atoms with van der Waals surface area (Å²) in [6.45, 7) is 3.87. The molecule has 0 spiro atoms. The third-order valence-electron chi connectivity index (χ3n) is 2.72. The van der Waals surface area contributed by atoms with Crippen LogP contribution in [0, 0.1) is 0 Å². The van der Waals surface area contributed by atoms with Crippen molar-refractivity contribution in [2.75, 3.05) is 0 Å². The molecule has 0 saturated heterocycles. The second kappa shape index (κ2) is 5.03. The minimum Gasteiger partial charge on any atom is -0.507 e. The lowest BCUT2D eigenvalue weighted by Crippen LogP contribution is -2.21. The molecular formula is C13H14N2O3. The minimum atomic E-state index is -0.455. The molecule has 5 heteroatoms. The Labute approximate surface area is 104 Å². The van der Waals surface area contributed by atoms with Crippen LogP contribution in [-0.4, -0.2) is 5.11 Å². The predicted molar refractivity (Wildman–Crippen MR) is 69.1 cm³/mol. The standard InChI is InChI=1S/C13H14N2O3/c1-2-3-8-6-12(17)18-13-9(8)4-5-11(16)10(13)7-15-14/h2,4-6,15-16H,1,3,7,14H2. The maximum atomic E-state index is 11.5. The normalized spacial score (nSPS) is 10.7. The third kappa shape index (κ3) is 2.13. The number of phenols is 1. The molecule has 0 radical (unpaired) electrons. The number of allylic oxidation sites excluding steroid dienone is 1. The second-order valence-corrected chi connectivity index (χ2v) is 3.90. The first-order chi connectivity index (χ1) is 8.67. The number of hydrogen-bond donors (Lipinski definition) is 3. The van der Waals surface area contributed by atoms with Crippen molar-refractivity contribution in [1.82, 2.24) is 5.43 Å². The van der Waals surface area contributed by atoms with Crippen molar-refractivity contribution in [3.63, 3.8) is 0 Å². The van der Waals surface area contributed by atoms with Crippen LogP contribution in [0.15, 0.2) is 40.1 Å². The van der Waals surface area contributed by atoms with E-state index in [9.17, 15) is 9.90 Å². The molecule has 2 aromatic rings. The zero-order valence-electron chi connectivity index (χ0n) is 9.77. The van der Waals surface area contributed by atoms with Crippen molar-refractivity contribution in [3.8, 4) is 5.75 Å². The Morgan fingerprint density at radius 3 is 2.94 bits per heavy atom. The van der Waals surface area contributed by atoms with Gasteiger partial charge in [0.25, 0.3) is 0 Å². The maximum absolute atomic E-state index is 11.5. The Bertz CT molecular complexity index is 646. The third-order valence-corrected chi connectivity index (χ3v) is 2.72. The molecule has 5 nitrogen and oxygen atoms in total. The van der Waals surface area contributed by atoms with E-state index in [-0.39, 0.29) is 12.3 Å². The highest BCUT2D eigenvalue weighted by molar-refractivity contribution is 5.85. The van der Waals surface area contributed by atoms with Gasteiger partial charge in [-0.2, -0.15) is 0 Å². The van der Waals surface area contributed by atoms with Gasteiger partial charge >= 0.3 is 5.63 Å². The Hall–Kier alpha value is -2.11. The molecule has 0 amide bonds. The summed E-state index contributed by atoms with van der Waals surface area (Å²) in [5, 5.41) is 10.5. The number of hydrazine groups is 1. The summed E-state index contributed by atoms with van der Waals surface area (Å²) >= 11 is 0. The molecule has 0 aliphatic rings. The van der Waals surface area contributed by atoms with E-state index in [0.717, 1.165) is 10.9 Å². The average Bonchev–Trinajstić information content (AvgIpc) is 2.33. The molecule has 0 bridgehead atoms. The van der Waals surface area contributed by atoms with Gasteiger partial charge in [-0.25, -0.2) is 4.79 Å². The van der Waals surface area contributed by atoms with Crippen LogP contribution in [0.2, 0.25) is 0 Å². The molecule has 1 aromatic heterocycles. The highest BCUT2D eigenvalue weighted by Gasteiger charge is 2.12. The van der Waals surface area contributed by atoms with Crippen molar-refractivity contribution in [2.24, 2.45) is 5.84 Å².